The maximum Gasteiger partial charge on any atom is 0.418 e. The molecule has 1 aromatic rings. The van der Waals surface area contributed by atoms with Gasteiger partial charge in [-0.05, 0) is 31.5 Å². The monoisotopic (exact) mass is 366 g/mol. The SMILES string of the molecule is Cc1[nH]c(C=C2NC=CN=C2C2C=NNC2=O)c(C(F)(F)F)c1CCN. The highest BCUT2D eigenvalue weighted by Crippen LogP contribution is 2.37. The Morgan fingerprint density at radius 2 is 2.15 bits per heavy atom. The Kier molecular flexibility index (Phi) is 4.68. The summed E-state index contributed by atoms with van der Waals surface area (Å²) in [4.78, 5) is 18.7. The van der Waals surface area contributed by atoms with Crippen LogP contribution in [0.25, 0.3) is 6.08 Å². The van der Waals surface area contributed by atoms with Gasteiger partial charge in [-0.15, -0.1) is 0 Å². The number of aliphatic imine (C=N–C) groups is 1. The summed E-state index contributed by atoms with van der Waals surface area (Å²) in [5.41, 5.74) is 7.98. The van der Waals surface area contributed by atoms with Crippen molar-refractivity contribution in [3.8, 4) is 0 Å². The molecule has 3 heterocycles. The van der Waals surface area contributed by atoms with Crippen molar-refractivity contribution >= 4 is 23.9 Å². The lowest BCUT2D eigenvalue weighted by Crippen LogP contribution is -2.32. The molecule has 0 radical (unpaired) electrons. The van der Waals surface area contributed by atoms with Gasteiger partial charge in [-0.3, -0.25) is 9.79 Å². The fourth-order valence-corrected chi connectivity index (χ4v) is 2.98. The molecule has 0 bridgehead atoms. The van der Waals surface area contributed by atoms with Crippen molar-refractivity contribution in [2.75, 3.05) is 6.54 Å². The Labute approximate surface area is 146 Å². The third kappa shape index (κ3) is 3.27. The lowest BCUT2D eigenvalue weighted by Gasteiger charge is -2.17. The van der Waals surface area contributed by atoms with Crippen LogP contribution in [0.4, 0.5) is 13.2 Å². The fourth-order valence-electron chi connectivity index (χ4n) is 2.98. The molecule has 1 amide bonds. The largest absolute Gasteiger partial charge is 0.418 e. The van der Waals surface area contributed by atoms with E-state index in [2.05, 4.69) is 25.8 Å². The Balaban J connectivity index is 2.08. The molecule has 0 aliphatic carbocycles. The number of carbonyl (C=O) groups is 1. The number of H-pyrrole nitrogens is 1. The van der Waals surface area contributed by atoms with E-state index < -0.39 is 23.6 Å². The topological polar surface area (TPSA) is 108 Å². The number of nitrogens with zero attached hydrogens (tertiary/aromatic N) is 2. The predicted octanol–water partition coefficient (Wildman–Crippen LogP) is 1.43. The van der Waals surface area contributed by atoms with E-state index in [4.69, 9.17) is 5.73 Å². The third-order valence-electron chi connectivity index (χ3n) is 4.09. The van der Waals surface area contributed by atoms with Crippen LogP contribution in [0, 0.1) is 12.8 Å². The number of allylic oxidation sites excluding steroid dienone is 1. The van der Waals surface area contributed by atoms with Gasteiger partial charge in [0.25, 0.3) is 5.91 Å². The highest BCUT2D eigenvalue weighted by molar-refractivity contribution is 6.24. The number of halogens is 3. The molecule has 1 unspecified atom stereocenters. The highest BCUT2D eigenvalue weighted by atomic mass is 19.4. The number of amides is 1. The Bertz CT molecular complexity index is 847. The number of aromatic nitrogens is 1. The molecule has 138 valence electrons. The van der Waals surface area contributed by atoms with Crippen molar-refractivity contribution < 1.29 is 18.0 Å². The van der Waals surface area contributed by atoms with E-state index >= 15 is 0 Å². The molecule has 1 atom stereocenters. The summed E-state index contributed by atoms with van der Waals surface area (Å²) in [6.45, 7) is 1.67. The lowest BCUT2D eigenvalue weighted by atomic mass is 9.99. The van der Waals surface area contributed by atoms with E-state index in [0.717, 1.165) is 0 Å². The Morgan fingerprint density at radius 3 is 2.77 bits per heavy atom. The molecule has 5 N–H and O–H groups in total. The van der Waals surface area contributed by atoms with Gasteiger partial charge in [-0.1, -0.05) is 0 Å². The minimum Gasteiger partial charge on any atom is -0.359 e. The Hall–Kier alpha value is -2.88. The van der Waals surface area contributed by atoms with Crippen molar-refractivity contribution in [2.24, 2.45) is 21.7 Å². The maximum atomic E-state index is 13.6. The molecule has 2 aliphatic rings. The van der Waals surface area contributed by atoms with E-state index in [0.29, 0.717) is 5.69 Å². The van der Waals surface area contributed by atoms with Crippen molar-refractivity contribution in [1.29, 1.82) is 0 Å². The van der Waals surface area contributed by atoms with Gasteiger partial charge in [0.1, 0.15) is 5.92 Å². The summed E-state index contributed by atoms with van der Waals surface area (Å²) in [6.07, 6.45) is 1.12. The first-order valence-electron chi connectivity index (χ1n) is 7.86. The van der Waals surface area contributed by atoms with Crippen molar-refractivity contribution in [1.82, 2.24) is 15.7 Å². The molecule has 26 heavy (non-hydrogen) atoms. The number of aromatic amines is 1. The predicted molar refractivity (Wildman–Crippen MR) is 91.1 cm³/mol. The molecule has 0 spiro atoms. The first-order chi connectivity index (χ1) is 12.3. The van der Waals surface area contributed by atoms with Gasteiger partial charge < -0.3 is 16.0 Å². The van der Waals surface area contributed by atoms with Crippen LogP contribution in [-0.4, -0.2) is 29.4 Å². The van der Waals surface area contributed by atoms with Gasteiger partial charge in [-0.2, -0.15) is 18.3 Å². The van der Waals surface area contributed by atoms with E-state index in [1.54, 1.807) is 6.92 Å². The molecule has 0 aromatic carbocycles. The van der Waals surface area contributed by atoms with Crippen molar-refractivity contribution in [2.45, 2.75) is 19.5 Å². The average Bonchev–Trinajstić information content (AvgIpc) is 3.12. The normalized spacial score (nSPS) is 21.1. The van der Waals surface area contributed by atoms with E-state index in [9.17, 15) is 18.0 Å². The van der Waals surface area contributed by atoms with Crippen molar-refractivity contribution in [3.05, 3.63) is 40.6 Å². The quantitative estimate of drug-likeness (QED) is 0.647. The molecule has 0 saturated heterocycles. The molecule has 7 nitrogen and oxygen atoms in total. The first-order valence-corrected chi connectivity index (χ1v) is 7.86. The van der Waals surface area contributed by atoms with E-state index in [1.165, 1.54) is 24.7 Å². The van der Waals surface area contributed by atoms with Gasteiger partial charge in [0.15, 0.2) is 0 Å². The number of aryl methyl sites for hydroxylation is 1. The van der Waals surface area contributed by atoms with Crippen LogP contribution in [0.1, 0.15) is 22.5 Å². The summed E-state index contributed by atoms with van der Waals surface area (Å²) in [5.74, 6) is -1.16. The molecule has 10 heteroatoms. The first kappa shape index (κ1) is 17.9. The number of rotatable bonds is 4. The van der Waals surface area contributed by atoms with Gasteiger partial charge in [0.05, 0.1) is 22.7 Å². The van der Waals surface area contributed by atoms with Gasteiger partial charge in [0, 0.05) is 24.3 Å². The van der Waals surface area contributed by atoms with Gasteiger partial charge >= 0.3 is 6.18 Å². The van der Waals surface area contributed by atoms with Crippen LogP contribution in [0.3, 0.4) is 0 Å². The zero-order valence-corrected chi connectivity index (χ0v) is 13.8. The summed E-state index contributed by atoms with van der Waals surface area (Å²) in [6, 6.07) is 0. The highest BCUT2D eigenvalue weighted by Gasteiger charge is 2.38. The molecular weight excluding hydrogens is 349 g/mol. The number of carbonyl (C=O) groups excluding carboxylic acids is 1. The number of nitrogens with one attached hydrogen (secondary N) is 3. The van der Waals surface area contributed by atoms with E-state index in [-0.39, 0.29) is 35.6 Å². The van der Waals surface area contributed by atoms with Crippen LogP contribution in [0.5, 0.6) is 0 Å². The van der Waals surface area contributed by atoms with Crippen LogP contribution in [-0.2, 0) is 17.4 Å². The fraction of sp³-hybridized carbons (Fsp3) is 0.312. The molecule has 0 fully saturated rings. The summed E-state index contributed by atoms with van der Waals surface area (Å²) < 4.78 is 40.9. The smallest absolute Gasteiger partial charge is 0.359 e. The zero-order valence-electron chi connectivity index (χ0n) is 13.8. The lowest BCUT2D eigenvalue weighted by molar-refractivity contribution is -0.138. The second kappa shape index (κ2) is 6.79. The summed E-state index contributed by atoms with van der Waals surface area (Å²) in [7, 11) is 0. The maximum absolute atomic E-state index is 13.6. The average molecular weight is 366 g/mol. The molecule has 1 aromatic heterocycles. The molecule has 0 saturated carbocycles. The minimum atomic E-state index is -4.55. The number of alkyl halides is 3. The van der Waals surface area contributed by atoms with Crippen LogP contribution >= 0.6 is 0 Å². The van der Waals surface area contributed by atoms with Gasteiger partial charge in [0.2, 0.25) is 0 Å². The van der Waals surface area contributed by atoms with Crippen LogP contribution in [0.15, 0.2) is 28.2 Å². The minimum absolute atomic E-state index is 0.101. The van der Waals surface area contributed by atoms with Gasteiger partial charge in [-0.25, -0.2) is 5.43 Å². The summed E-state index contributed by atoms with van der Waals surface area (Å²) in [5, 5.41) is 6.53. The second-order valence-electron chi connectivity index (χ2n) is 5.82. The number of hydrogen-bond donors (Lipinski definition) is 4. The van der Waals surface area contributed by atoms with Crippen LogP contribution in [0.2, 0.25) is 0 Å². The standard InChI is InChI=1S/C16H17F3N6O/c1-8-9(2-3-20)13(16(17,18)19)11(24-8)6-12-14(22-5-4-21-12)10-7-23-25-15(10)26/h4-7,10,21,24H,2-3,20H2,1H3,(H,25,26). The number of hydrazone groups is 1. The zero-order chi connectivity index (χ0) is 18.9. The molecule has 2 aliphatic heterocycles. The third-order valence-corrected chi connectivity index (χ3v) is 4.09. The number of hydrogen-bond acceptors (Lipinski definition) is 5. The van der Waals surface area contributed by atoms with E-state index in [1.807, 2.05) is 0 Å². The summed E-state index contributed by atoms with van der Waals surface area (Å²) >= 11 is 0. The molecular formula is C16H17F3N6O. The van der Waals surface area contributed by atoms with Crippen LogP contribution < -0.4 is 16.5 Å². The van der Waals surface area contributed by atoms with Crippen molar-refractivity contribution in [3.63, 3.8) is 0 Å². The second-order valence-corrected chi connectivity index (χ2v) is 5.82. The number of nitrogens with two attached hydrogens (primary N) is 1. The Morgan fingerprint density at radius 1 is 1.38 bits per heavy atom. The molecule has 3 rings (SSSR count).